The molecule has 106 valence electrons. The first-order valence-electron chi connectivity index (χ1n) is 5.47. The highest BCUT2D eigenvalue weighted by atomic mass is 79.9. The van der Waals surface area contributed by atoms with Crippen molar-refractivity contribution in [3.05, 3.63) is 46.7 Å². The first-order chi connectivity index (χ1) is 9.42. The molecule has 1 aromatic carbocycles. The van der Waals surface area contributed by atoms with E-state index in [0.29, 0.717) is 5.69 Å². The quantitative estimate of drug-likeness (QED) is 0.821. The van der Waals surface area contributed by atoms with Crippen LogP contribution in [0.1, 0.15) is 10.5 Å². The van der Waals surface area contributed by atoms with Crippen LogP contribution in [0.25, 0.3) is 0 Å². The molecule has 0 radical (unpaired) electrons. The number of nitrogens with one attached hydrogen (secondary N) is 2. The van der Waals surface area contributed by atoms with Crippen molar-refractivity contribution < 1.29 is 17.9 Å². The zero-order valence-electron chi connectivity index (χ0n) is 10.4. The SMILES string of the molecule is COC(=O)c1cc(S(=O)(=O)Nc2cccc(Br)c2)c[nH]1. The Morgan fingerprint density at radius 3 is 2.75 bits per heavy atom. The van der Waals surface area contributed by atoms with E-state index in [1.165, 1.54) is 19.4 Å². The molecule has 0 bridgehead atoms. The second-order valence-electron chi connectivity index (χ2n) is 3.86. The van der Waals surface area contributed by atoms with Gasteiger partial charge in [-0.3, -0.25) is 4.72 Å². The van der Waals surface area contributed by atoms with Crippen molar-refractivity contribution in [1.29, 1.82) is 0 Å². The Morgan fingerprint density at radius 1 is 1.35 bits per heavy atom. The molecule has 1 aromatic heterocycles. The summed E-state index contributed by atoms with van der Waals surface area (Å²) in [4.78, 5) is 13.8. The molecule has 20 heavy (non-hydrogen) atoms. The average Bonchev–Trinajstić information content (AvgIpc) is 2.87. The largest absolute Gasteiger partial charge is 0.464 e. The lowest BCUT2D eigenvalue weighted by Gasteiger charge is -2.06. The van der Waals surface area contributed by atoms with Gasteiger partial charge in [0.2, 0.25) is 0 Å². The van der Waals surface area contributed by atoms with Crippen LogP contribution < -0.4 is 4.72 Å². The maximum atomic E-state index is 12.1. The number of esters is 1. The van der Waals surface area contributed by atoms with Gasteiger partial charge >= 0.3 is 5.97 Å². The van der Waals surface area contributed by atoms with E-state index in [1.54, 1.807) is 24.3 Å². The molecule has 1 heterocycles. The van der Waals surface area contributed by atoms with Crippen molar-refractivity contribution in [3.8, 4) is 0 Å². The lowest BCUT2D eigenvalue weighted by atomic mass is 10.3. The van der Waals surface area contributed by atoms with Crippen molar-refractivity contribution >= 4 is 37.6 Å². The van der Waals surface area contributed by atoms with E-state index in [4.69, 9.17) is 0 Å². The summed E-state index contributed by atoms with van der Waals surface area (Å²) in [5.74, 6) is -0.631. The molecule has 0 aliphatic carbocycles. The van der Waals surface area contributed by atoms with E-state index in [1.807, 2.05) is 0 Å². The number of aromatic amines is 1. The zero-order chi connectivity index (χ0) is 14.8. The van der Waals surface area contributed by atoms with Crippen LogP contribution in [0.4, 0.5) is 5.69 Å². The molecule has 0 amide bonds. The Bertz CT molecular complexity index is 739. The molecule has 2 rings (SSSR count). The molecule has 0 aliphatic heterocycles. The molecule has 0 fully saturated rings. The summed E-state index contributed by atoms with van der Waals surface area (Å²) in [5, 5.41) is 0. The molecule has 2 aromatic rings. The minimum atomic E-state index is -3.76. The smallest absolute Gasteiger partial charge is 0.354 e. The highest BCUT2D eigenvalue weighted by Gasteiger charge is 2.18. The number of benzene rings is 1. The van der Waals surface area contributed by atoms with Crippen molar-refractivity contribution in [2.75, 3.05) is 11.8 Å². The number of anilines is 1. The third-order valence-electron chi connectivity index (χ3n) is 2.45. The normalized spacial score (nSPS) is 11.1. The number of carbonyl (C=O) groups excluding carboxylic acids is 1. The number of ether oxygens (including phenoxy) is 1. The molecular weight excluding hydrogens is 348 g/mol. The molecule has 2 N–H and O–H groups in total. The van der Waals surface area contributed by atoms with Crippen LogP contribution in [-0.2, 0) is 14.8 Å². The number of sulfonamides is 1. The van der Waals surface area contributed by atoms with Gasteiger partial charge in [0.1, 0.15) is 10.6 Å². The molecule has 0 atom stereocenters. The van der Waals surface area contributed by atoms with Crippen LogP contribution in [0, 0.1) is 0 Å². The monoisotopic (exact) mass is 358 g/mol. The van der Waals surface area contributed by atoms with Gasteiger partial charge in [-0.2, -0.15) is 0 Å². The van der Waals surface area contributed by atoms with Crippen molar-refractivity contribution in [3.63, 3.8) is 0 Å². The number of hydrogen-bond donors (Lipinski definition) is 2. The maximum Gasteiger partial charge on any atom is 0.354 e. The maximum absolute atomic E-state index is 12.1. The number of carbonyl (C=O) groups is 1. The predicted molar refractivity (Wildman–Crippen MR) is 77.1 cm³/mol. The van der Waals surface area contributed by atoms with Crippen LogP contribution in [0.15, 0.2) is 45.9 Å². The molecule has 0 saturated carbocycles. The Balaban J connectivity index is 2.27. The topological polar surface area (TPSA) is 88.3 Å². The Labute approximate surface area is 124 Å². The first kappa shape index (κ1) is 14.6. The Hall–Kier alpha value is -1.80. The molecular formula is C12H11BrN2O4S. The fourth-order valence-corrected chi connectivity index (χ4v) is 2.96. The Morgan fingerprint density at radius 2 is 2.10 bits per heavy atom. The van der Waals surface area contributed by atoms with Gasteiger partial charge in [0, 0.05) is 16.4 Å². The van der Waals surface area contributed by atoms with Crippen LogP contribution in [0.2, 0.25) is 0 Å². The summed E-state index contributed by atoms with van der Waals surface area (Å²) >= 11 is 3.26. The highest BCUT2D eigenvalue weighted by Crippen LogP contribution is 2.20. The second kappa shape index (κ2) is 5.68. The van der Waals surface area contributed by atoms with Gasteiger partial charge in [-0.05, 0) is 24.3 Å². The van der Waals surface area contributed by atoms with Gasteiger partial charge in [-0.15, -0.1) is 0 Å². The Kier molecular flexibility index (Phi) is 4.15. The summed E-state index contributed by atoms with van der Waals surface area (Å²) in [6, 6.07) is 7.95. The number of rotatable bonds is 4. The standard InChI is InChI=1S/C12H11BrN2O4S/c1-19-12(16)11-6-10(7-14-11)20(17,18)15-9-4-2-3-8(13)5-9/h2-7,14-15H,1H3. The lowest BCUT2D eigenvalue weighted by Crippen LogP contribution is -2.12. The van der Waals surface area contributed by atoms with E-state index in [9.17, 15) is 13.2 Å². The number of H-pyrrole nitrogens is 1. The van der Waals surface area contributed by atoms with Gasteiger partial charge < -0.3 is 9.72 Å². The van der Waals surface area contributed by atoms with Gasteiger partial charge in [0.15, 0.2) is 0 Å². The van der Waals surface area contributed by atoms with E-state index in [2.05, 4.69) is 30.4 Å². The van der Waals surface area contributed by atoms with Gasteiger partial charge in [-0.25, -0.2) is 13.2 Å². The van der Waals surface area contributed by atoms with Crippen LogP contribution in [0.5, 0.6) is 0 Å². The molecule has 0 saturated heterocycles. The molecule has 0 unspecified atom stereocenters. The fourth-order valence-electron chi connectivity index (χ4n) is 1.52. The number of aromatic nitrogens is 1. The minimum Gasteiger partial charge on any atom is -0.464 e. The summed E-state index contributed by atoms with van der Waals surface area (Å²) in [7, 11) is -2.54. The molecule has 0 aliphatic rings. The van der Waals surface area contributed by atoms with Crippen molar-refractivity contribution in [2.24, 2.45) is 0 Å². The third kappa shape index (κ3) is 3.20. The molecule has 6 nitrogen and oxygen atoms in total. The minimum absolute atomic E-state index is 0.0436. The van der Waals surface area contributed by atoms with Gasteiger partial charge in [-0.1, -0.05) is 22.0 Å². The number of halogens is 1. The zero-order valence-corrected chi connectivity index (χ0v) is 12.8. The van der Waals surface area contributed by atoms with Crippen molar-refractivity contribution in [1.82, 2.24) is 4.98 Å². The number of methoxy groups -OCH3 is 1. The van der Waals surface area contributed by atoms with E-state index < -0.39 is 16.0 Å². The lowest BCUT2D eigenvalue weighted by molar-refractivity contribution is 0.0595. The second-order valence-corrected chi connectivity index (χ2v) is 6.45. The van der Waals surface area contributed by atoms with Crippen molar-refractivity contribution in [2.45, 2.75) is 4.90 Å². The van der Waals surface area contributed by atoms with Crippen LogP contribution in [-0.4, -0.2) is 26.5 Å². The van der Waals surface area contributed by atoms with Crippen LogP contribution >= 0.6 is 15.9 Å². The van der Waals surface area contributed by atoms with Gasteiger partial charge in [0.05, 0.1) is 7.11 Å². The predicted octanol–water partition coefficient (Wildman–Crippen LogP) is 2.36. The number of hydrogen-bond acceptors (Lipinski definition) is 4. The third-order valence-corrected chi connectivity index (χ3v) is 4.30. The fraction of sp³-hybridized carbons (Fsp3) is 0.0833. The van der Waals surface area contributed by atoms with E-state index in [0.717, 1.165) is 4.47 Å². The summed E-state index contributed by atoms with van der Waals surface area (Å²) in [6.07, 6.45) is 1.23. The van der Waals surface area contributed by atoms with Gasteiger partial charge in [0.25, 0.3) is 10.0 Å². The molecule has 8 heteroatoms. The van der Waals surface area contributed by atoms with Crippen LogP contribution in [0.3, 0.4) is 0 Å². The van der Waals surface area contributed by atoms with E-state index in [-0.39, 0.29) is 10.6 Å². The highest BCUT2D eigenvalue weighted by molar-refractivity contribution is 9.10. The molecule has 0 spiro atoms. The summed E-state index contributed by atoms with van der Waals surface area (Å²) in [6.45, 7) is 0. The summed E-state index contributed by atoms with van der Waals surface area (Å²) in [5.41, 5.74) is 0.488. The van der Waals surface area contributed by atoms with E-state index >= 15 is 0 Å². The summed E-state index contributed by atoms with van der Waals surface area (Å²) < 4.78 is 31.9. The first-order valence-corrected chi connectivity index (χ1v) is 7.75. The average molecular weight is 359 g/mol.